The summed E-state index contributed by atoms with van der Waals surface area (Å²) in [7, 11) is 0. The van der Waals surface area contributed by atoms with Crippen LogP contribution in [0.4, 0.5) is 5.69 Å². The lowest BCUT2D eigenvalue weighted by atomic mass is 10.0. The lowest BCUT2D eigenvalue weighted by Gasteiger charge is -2.34. The van der Waals surface area contributed by atoms with Gasteiger partial charge in [-0.05, 0) is 12.1 Å². The predicted octanol–water partition coefficient (Wildman–Crippen LogP) is 0.855. The van der Waals surface area contributed by atoms with Gasteiger partial charge in [0, 0.05) is 0 Å². The molecule has 0 saturated carbocycles. The third kappa shape index (κ3) is 1.30. The molecule has 2 N–H and O–H groups in total. The van der Waals surface area contributed by atoms with E-state index in [0.717, 1.165) is 11.4 Å². The number of aliphatic hydroxyl groups excluding tert-OH is 1. The summed E-state index contributed by atoms with van der Waals surface area (Å²) in [4.78, 5) is 0. The van der Waals surface area contributed by atoms with Crippen molar-refractivity contribution < 1.29 is 9.84 Å². The van der Waals surface area contributed by atoms with Crippen molar-refractivity contribution in [1.82, 2.24) is 0 Å². The van der Waals surface area contributed by atoms with Crippen LogP contribution < -0.4 is 10.1 Å². The summed E-state index contributed by atoms with van der Waals surface area (Å²) >= 11 is 0. The Kier molecular flexibility index (Phi) is 2.06. The molecule has 2 rings (SSSR count). The second-order valence-corrected chi connectivity index (χ2v) is 3.29. The standard InChI is InChI=1S/C11H11NO2/c1-2-11(7-13)8-14-10-6-4-3-5-9(10)12-11/h1,3-6,12-13H,7-8H2. The lowest BCUT2D eigenvalue weighted by Crippen LogP contribution is -2.48. The van der Waals surface area contributed by atoms with Crippen LogP contribution in [0.1, 0.15) is 0 Å². The summed E-state index contributed by atoms with van der Waals surface area (Å²) in [6, 6.07) is 7.51. The number of aliphatic hydroxyl groups is 1. The van der Waals surface area contributed by atoms with Crippen molar-refractivity contribution in [3.05, 3.63) is 24.3 Å². The number of para-hydroxylation sites is 2. The molecule has 0 radical (unpaired) electrons. The van der Waals surface area contributed by atoms with Crippen molar-refractivity contribution in [3.8, 4) is 18.1 Å². The number of hydrogen-bond acceptors (Lipinski definition) is 3. The van der Waals surface area contributed by atoms with Crippen LogP contribution in [0.5, 0.6) is 5.75 Å². The predicted molar refractivity (Wildman–Crippen MR) is 54.2 cm³/mol. The Labute approximate surface area is 82.7 Å². The molecule has 1 heterocycles. The van der Waals surface area contributed by atoms with E-state index in [9.17, 15) is 5.11 Å². The van der Waals surface area contributed by atoms with Crippen LogP contribution in [-0.4, -0.2) is 23.9 Å². The zero-order valence-electron chi connectivity index (χ0n) is 7.66. The number of nitrogens with one attached hydrogen (secondary N) is 1. The van der Waals surface area contributed by atoms with Crippen LogP contribution in [0.3, 0.4) is 0 Å². The molecule has 1 aromatic rings. The van der Waals surface area contributed by atoms with E-state index in [2.05, 4.69) is 11.2 Å². The van der Waals surface area contributed by atoms with Gasteiger partial charge in [0.15, 0.2) is 5.54 Å². The minimum absolute atomic E-state index is 0.141. The molecule has 0 bridgehead atoms. The molecule has 1 aliphatic heterocycles. The molecular formula is C11H11NO2. The number of hydrogen-bond donors (Lipinski definition) is 2. The summed E-state index contributed by atoms with van der Waals surface area (Å²) in [5.74, 6) is 3.29. The van der Waals surface area contributed by atoms with E-state index >= 15 is 0 Å². The van der Waals surface area contributed by atoms with Gasteiger partial charge in [-0.1, -0.05) is 18.1 Å². The van der Waals surface area contributed by atoms with Gasteiger partial charge in [0.05, 0.1) is 12.3 Å². The first kappa shape index (κ1) is 8.92. The van der Waals surface area contributed by atoms with Crippen LogP contribution in [0.15, 0.2) is 24.3 Å². The molecule has 1 unspecified atom stereocenters. The molecular weight excluding hydrogens is 178 g/mol. The van der Waals surface area contributed by atoms with Crippen molar-refractivity contribution in [2.75, 3.05) is 18.5 Å². The maximum Gasteiger partial charge on any atom is 0.156 e. The molecule has 0 aliphatic carbocycles. The van der Waals surface area contributed by atoms with Gasteiger partial charge in [0.2, 0.25) is 0 Å². The first-order valence-electron chi connectivity index (χ1n) is 4.38. The minimum atomic E-state index is -0.783. The maximum absolute atomic E-state index is 9.18. The Morgan fingerprint density at radius 3 is 3.07 bits per heavy atom. The zero-order valence-corrected chi connectivity index (χ0v) is 7.66. The maximum atomic E-state index is 9.18. The SMILES string of the molecule is C#CC1(CO)COc2ccccc2N1. The summed E-state index contributed by atoms with van der Waals surface area (Å²) in [5.41, 5.74) is 0.0414. The van der Waals surface area contributed by atoms with Crippen molar-refractivity contribution >= 4 is 5.69 Å². The second-order valence-electron chi connectivity index (χ2n) is 3.29. The average Bonchev–Trinajstić information content (AvgIpc) is 2.28. The fraction of sp³-hybridized carbons (Fsp3) is 0.273. The van der Waals surface area contributed by atoms with Gasteiger partial charge in [0.25, 0.3) is 0 Å². The van der Waals surface area contributed by atoms with Gasteiger partial charge < -0.3 is 15.2 Å². The summed E-state index contributed by atoms with van der Waals surface area (Å²) < 4.78 is 5.46. The van der Waals surface area contributed by atoms with E-state index in [-0.39, 0.29) is 13.2 Å². The third-order valence-electron chi connectivity index (χ3n) is 2.28. The van der Waals surface area contributed by atoms with Crippen LogP contribution >= 0.6 is 0 Å². The Hall–Kier alpha value is -1.66. The molecule has 3 nitrogen and oxygen atoms in total. The number of rotatable bonds is 1. The van der Waals surface area contributed by atoms with Crippen molar-refractivity contribution in [2.24, 2.45) is 0 Å². The van der Waals surface area contributed by atoms with Crippen molar-refractivity contribution in [2.45, 2.75) is 5.54 Å². The largest absolute Gasteiger partial charge is 0.488 e. The number of fused-ring (bicyclic) bond motifs is 1. The first-order chi connectivity index (χ1) is 6.79. The smallest absolute Gasteiger partial charge is 0.156 e. The van der Waals surface area contributed by atoms with Crippen LogP contribution in [0.25, 0.3) is 0 Å². The second kappa shape index (κ2) is 3.24. The summed E-state index contributed by atoms with van der Waals surface area (Å²) in [5, 5.41) is 12.3. The number of anilines is 1. The fourth-order valence-corrected chi connectivity index (χ4v) is 1.40. The van der Waals surface area contributed by atoms with Crippen LogP contribution in [0.2, 0.25) is 0 Å². The number of ether oxygens (including phenoxy) is 1. The molecule has 72 valence electrons. The van der Waals surface area contributed by atoms with Gasteiger partial charge in [-0.2, -0.15) is 0 Å². The van der Waals surface area contributed by atoms with E-state index in [1.54, 1.807) is 0 Å². The fourth-order valence-electron chi connectivity index (χ4n) is 1.40. The van der Waals surface area contributed by atoms with Gasteiger partial charge >= 0.3 is 0 Å². The molecule has 0 spiro atoms. The highest BCUT2D eigenvalue weighted by molar-refractivity contribution is 5.61. The van der Waals surface area contributed by atoms with E-state index in [1.807, 2.05) is 24.3 Å². The van der Waals surface area contributed by atoms with Crippen molar-refractivity contribution in [3.63, 3.8) is 0 Å². The summed E-state index contributed by atoms with van der Waals surface area (Å²) in [6.07, 6.45) is 5.35. The van der Waals surface area contributed by atoms with Crippen LogP contribution in [0, 0.1) is 12.3 Å². The molecule has 3 heteroatoms. The number of terminal acetylenes is 1. The molecule has 1 aliphatic rings. The van der Waals surface area contributed by atoms with Gasteiger partial charge in [0.1, 0.15) is 12.4 Å². The Balaban J connectivity index is 2.34. The topological polar surface area (TPSA) is 41.5 Å². The molecule has 1 atom stereocenters. The molecule has 0 amide bonds. The molecule has 0 aromatic heterocycles. The lowest BCUT2D eigenvalue weighted by molar-refractivity contribution is 0.173. The highest BCUT2D eigenvalue weighted by atomic mass is 16.5. The van der Waals surface area contributed by atoms with Gasteiger partial charge in [-0.15, -0.1) is 6.42 Å². The highest BCUT2D eigenvalue weighted by Crippen LogP contribution is 2.31. The minimum Gasteiger partial charge on any atom is -0.488 e. The Morgan fingerprint density at radius 1 is 1.57 bits per heavy atom. The van der Waals surface area contributed by atoms with E-state index in [0.29, 0.717) is 0 Å². The van der Waals surface area contributed by atoms with Crippen molar-refractivity contribution in [1.29, 1.82) is 0 Å². The number of benzene rings is 1. The molecule has 1 aromatic carbocycles. The van der Waals surface area contributed by atoms with Crippen LogP contribution in [-0.2, 0) is 0 Å². The molecule has 14 heavy (non-hydrogen) atoms. The highest BCUT2D eigenvalue weighted by Gasteiger charge is 2.32. The monoisotopic (exact) mass is 189 g/mol. The Morgan fingerprint density at radius 2 is 2.36 bits per heavy atom. The molecule has 0 fully saturated rings. The zero-order chi connectivity index (χ0) is 10.0. The van der Waals surface area contributed by atoms with Gasteiger partial charge in [-0.25, -0.2) is 0 Å². The normalized spacial score (nSPS) is 24.0. The molecule has 0 saturated heterocycles. The van der Waals surface area contributed by atoms with E-state index < -0.39 is 5.54 Å². The summed E-state index contributed by atoms with van der Waals surface area (Å²) in [6.45, 7) is 0.148. The van der Waals surface area contributed by atoms with Gasteiger partial charge in [-0.3, -0.25) is 0 Å². The Bertz CT molecular complexity index is 383. The van der Waals surface area contributed by atoms with E-state index in [4.69, 9.17) is 11.2 Å². The first-order valence-corrected chi connectivity index (χ1v) is 4.38. The third-order valence-corrected chi connectivity index (χ3v) is 2.28. The average molecular weight is 189 g/mol. The quantitative estimate of drug-likeness (QED) is 0.644. The van der Waals surface area contributed by atoms with E-state index in [1.165, 1.54) is 0 Å².